The van der Waals surface area contributed by atoms with Crippen LogP contribution in [0.2, 0.25) is 5.02 Å². The van der Waals surface area contributed by atoms with Gasteiger partial charge in [-0.3, -0.25) is 10.1 Å². The number of anilines is 1. The predicted octanol–water partition coefficient (Wildman–Crippen LogP) is 5.43. The van der Waals surface area contributed by atoms with Gasteiger partial charge in [0.15, 0.2) is 5.11 Å². The van der Waals surface area contributed by atoms with Crippen LogP contribution in [-0.4, -0.2) is 23.6 Å². The molecule has 5 nitrogen and oxygen atoms in total. The van der Waals surface area contributed by atoms with Crippen molar-refractivity contribution in [2.75, 3.05) is 11.9 Å². The maximum atomic E-state index is 12.6. The quantitative estimate of drug-likeness (QED) is 0.400. The summed E-state index contributed by atoms with van der Waals surface area (Å²) in [6.07, 6.45) is 0. The maximum Gasteiger partial charge on any atom is 0.341 e. The Morgan fingerprint density at radius 2 is 1.93 bits per heavy atom. The van der Waals surface area contributed by atoms with E-state index in [9.17, 15) is 9.59 Å². The van der Waals surface area contributed by atoms with Gasteiger partial charge < -0.3 is 10.1 Å². The summed E-state index contributed by atoms with van der Waals surface area (Å²) < 4.78 is 5.21. The second kappa shape index (κ2) is 9.29. The van der Waals surface area contributed by atoms with E-state index in [1.54, 1.807) is 31.2 Å². The highest BCUT2D eigenvalue weighted by atomic mass is 35.5. The molecule has 2 aromatic heterocycles. The van der Waals surface area contributed by atoms with Crippen LogP contribution in [-0.2, 0) is 4.74 Å². The first kappa shape index (κ1) is 20.5. The second-order valence-electron chi connectivity index (χ2n) is 5.47. The molecule has 2 heterocycles. The summed E-state index contributed by atoms with van der Waals surface area (Å²) in [5.41, 5.74) is 1.89. The highest BCUT2D eigenvalue weighted by Gasteiger charge is 2.22. The lowest BCUT2D eigenvalue weighted by Gasteiger charge is -2.11. The van der Waals surface area contributed by atoms with Gasteiger partial charge in [0.2, 0.25) is 0 Å². The van der Waals surface area contributed by atoms with Crippen molar-refractivity contribution in [1.82, 2.24) is 5.32 Å². The molecule has 2 N–H and O–H groups in total. The van der Waals surface area contributed by atoms with Crippen LogP contribution in [0.4, 0.5) is 5.00 Å². The Bertz CT molecular complexity index is 998. The fourth-order valence-corrected chi connectivity index (χ4v) is 4.37. The van der Waals surface area contributed by atoms with Gasteiger partial charge in [0.1, 0.15) is 10.6 Å². The van der Waals surface area contributed by atoms with E-state index >= 15 is 0 Å². The van der Waals surface area contributed by atoms with Crippen molar-refractivity contribution in [3.05, 3.63) is 62.6 Å². The molecule has 3 aromatic rings. The number of carbonyl (C=O) groups is 2. The Kier molecular flexibility index (Phi) is 6.79. The fourth-order valence-electron chi connectivity index (χ4n) is 2.40. The molecule has 0 saturated heterocycles. The predicted molar refractivity (Wildman–Crippen MR) is 119 cm³/mol. The first-order chi connectivity index (χ1) is 13.5. The number of esters is 1. The van der Waals surface area contributed by atoms with Crippen molar-refractivity contribution in [2.24, 2.45) is 0 Å². The minimum absolute atomic E-state index is 0.105. The fraction of sp³-hybridized carbons (Fsp3) is 0.105. The van der Waals surface area contributed by atoms with Crippen molar-refractivity contribution in [1.29, 1.82) is 0 Å². The smallest absolute Gasteiger partial charge is 0.341 e. The van der Waals surface area contributed by atoms with Crippen LogP contribution >= 0.6 is 46.5 Å². The summed E-state index contributed by atoms with van der Waals surface area (Å²) in [4.78, 5) is 25.3. The number of hydrogen-bond donors (Lipinski definition) is 2. The summed E-state index contributed by atoms with van der Waals surface area (Å²) in [6, 6.07) is 10.6. The molecule has 1 aromatic carbocycles. The van der Waals surface area contributed by atoms with Crippen molar-refractivity contribution < 1.29 is 14.3 Å². The van der Waals surface area contributed by atoms with E-state index in [4.69, 9.17) is 28.6 Å². The van der Waals surface area contributed by atoms with Gasteiger partial charge in [0, 0.05) is 16.0 Å². The molecule has 0 aliphatic heterocycles. The maximum absolute atomic E-state index is 12.6. The lowest BCUT2D eigenvalue weighted by molar-refractivity contribution is 0.0529. The molecule has 144 valence electrons. The van der Waals surface area contributed by atoms with Crippen molar-refractivity contribution in [3.63, 3.8) is 0 Å². The molecule has 0 bridgehead atoms. The van der Waals surface area contributed by atoms with E-state index < -0.39 is 5.97 Å². The number of halogens is 1. The van der Waals surface area contributed by atoms with Crippen LogP contribution in [0.5, 0.6) is 0 Å². The minimum atomic E-state index is -0.469. The molecule has 3 rings (SSSR count). The molecule has 0 unspecified atom stereocenters. The lowest BCUT2D eigenvalue weighted by atomic mass is 10.0. The largest absolute Gasteiger partial charge is 0.462 e. The molecular weight excluding hydrogens is 436 g/mol. The van der Waals surface area contributed by atoms with Gasteiger partial charge in [-0.25, -0.2) is 4.79 Å². The number of thiocarbonyl (C=S) groups is 1. The molecule has 1 amide bonds. The number of thiophene rings is 2. The molecule has 0 spiro atoms. The van der Waals surface area contributed by atoms with E-state index in [0.29, 0.717) is 26.0 Å². The van der Waals surface area contributed by atoms with Crippen LogP contribution in [0.3, 0.4) is 0 Å². The van der Waals surface area contributed by atoms with Crippen LogP contribution in [0.1, 0.15) is 27.0 Å². The Balaban J connectivity index is 1.85. The highest BCUT2D eigenvalue weighted by Crippen LogP contribution is 2.36. The zero-order valence-corrected chi connectivity index (χ0v) is 17.9. The van der Waals surface area contributed by atoms with Crippen LogP contribution in [0.25, 0.3) is 11.1 Å². The molecule has 28 heavy (non-hydrogen) atoms. The Morgan fingerprint density at radius 1 is 1.18 bits per heavy atom. The summed E-state index contributed by atoms with van der Waals surface area (Å²) >= 11 is 13.8. The number of rotatable bonds is 5. The van der Waals surface area contributed by atoms with Gasteiger partial charge in [-0.1, -0.05) is 29.8 Å². The molecule has 9 heteroatoms. The molecular formula is C19H15ClN2O3S3. The third kappa shape index (κ3) is 4.77. The summed E-state index contributed by atoms with van der Waals surface area (Å²) in [5.74, 6) is -0.775. The van der Waals surface area contributed by atoms with E-state index in [0.717, 1.165) is 5.56 Å². The topological polar surface area (TPSA) is 67.4 Å². The summed E-state index contributed by atoms with van der Waals surface area (Å²) in [7, 11) is 0. The van der Waals surface area contributed by atoms with Gasteiger partial charge in [0.25, 0.3) is 5.91 Å². The SMILES string of the molecule is CCOC(=O)c1c(-c2ccc(Cl)cc2)csc1NC(=S)NC(=O)c1cccs1. The third-order valence-electron chi connectivity index (χ3n) is 3.62. The second-order valence-corrected chi connectivity index (χ2v) is 8.14. The van der Waals surface area contributed by atoms with Gasteiger partial charge in [-0.2, -0.15) is 0 Å². The van der Waals surface area contributed by atoms with E-state index in [2.05, 4.69) is 10.6 Å². The van der Waals surface area contributed by atoms with Crippen LogP contribution < -0.4 is 10.6 Å². The Morgan fingerprint density at radius 3 is 2.57 bits per heavy atom. The van der Waals surface area contributed by atoms with E-state index in [1.807, 2.05) is 22.9 Å². The summed E-state index contributed by atoms with van der Waals surface area (Å²) in [6.45, 7) is 1.99. The minimum Gasteiger partial charge on any atom is -0.462 e. The number of nitrogens with one attached hydrogen (secondary N) is 2. The average molecular weight is 451 g/mol. The summed E-state index contributed by atoms with van der Waals surface area (Å²) in [5, 5.41) is 10.4. The number of ether oxygens (including phenoxy) is 1. The van der Waals surface area contributed by atoms with Gasteiger partial charge in [0.05, 0.1) is 11.5 Å². The number of hydrogen-bond acceptors (Lipinski definition) is 6. The molecule has 0 fully saturated rings. The first-order valence-corrected chi connectivity index (χ1v) is 10.7. The first-order valence-electron chi connectivity index (χ1n) is 8.20. The molecule has 0 atom stereocenters. The van der Waals surface area contributed by atoms with Crippen LogP contribution in [0, 0.1) is 0 Å². The third-order valence-corrected chi connectivity index (χ3v) is 5.85. The molecule has 0 radical (unpaired) electrons. The van der Waals surface area contributed by atoms with Gasteiger partial charge in [-0.15, -0.1) is 22.7 Å². The monoisotopic (exact) mass is 450 g/mol. The Labute approximate surface area is 180 Å². The molecule has 0 saturated carbocycles. The van der Waals surface area contributed by atoms with Crippen molar-refractivity contribution in [2.45, 2.75) is 6.92 Å². The average Bonchev–Trinajstić information content (AvgIpc) is 3.32. The number of benzene rings is 1. The molecule has 0 aliphatic rings. The van der Waals surface area contributed by atoms with E-state index in [1.165, 1.54) is 22.7 Å². The highest BCUT2D eigenvalue weighted by molar-refractivity contribution is 7.80. The van der Waals surface area contributed by atoms with E-state index in [-0.39, 0.29) is 17.6 Å². The molecule has 0 aliphatic carbocycles. The van der Waals surface area contributed by atoms with Crippen molar-refractivity contribution in [3.8, 4) is 11.1 Å². The zero-order valence-electron chi connectivity index (χ0n) is 14.7. The van der Waals surface area contributed by atoms with Crippen LogP contribution in [0.15, 0.2) is 47.2 Å². The lowest BCUT2D eigenvalue weighted by Crippen LogP contribution is -2.33. The normalized spacial score (nSPS) is 10.4. The van der Waals surface area contributed by atoms with Gasteiger partial charge >= 0.3 is 5.97 Å². The number of amides is 1. The van der Waals surface area contributed by atoms with Crippen molar-refractivity contribution >= 4 is 68.5 Å². The number of carbonyl (C=O) groups excluding carboxylic acids is 2. The standard InChI is InChI=1S/C19H15ClN2O3S3/c1-2-25-18(24)15-13(11-5-7-12(20)8-6-11)10-28-17(15)22-19(26)21-16(23)14-4-3-9-27-14/h3-10H,2H2,1H3,(H2,21,22,23,26). The Hall–Kier alpha value is -2.26. The van der Waals surface area contributed by atoms with Gasteiger partial charge in [-0.05, 0) is 48.3 Å². The zero-order chi connectivity index (χ0) is 20.1.